The van der Waals surface area contributed by atoms with Gasteiger partial charge in [0.2, 0.25) is 15.9 Å². The summed E-state index contributed by atoms with van der Waals surface area (Å²) >= 11 is 5.92. The fourth-order valence-corrected chi connectivity index (χ4v) is 4.89. The van der Waals surface area contributed by atoms with Gasteiger partial charge in [-0.25, -0.2) is 13.1 Å². The Balaban J connectivity index is 1.43. The van der Waals surface area contributed by atoms with Gasteiger partial charge in [0.1, 0.15) is 11.0 Å². The molecule has 2 heterocycles. The number of rotatable bonds is 6. The van der Waals surface area contributed by atoms with Gasteiger partial charge in [0, 0.05) is 45.8 Å². The molecule has 0 saturated carbocycles. The molecule has 2 aliphatic rings. The maximum atomic E-state index is 12.4. The van der Waals surface area contributed by atoms with Crippen LogP contribution in [-0.2, 0) is 24.3 Å². The zero-order valence-electron chi connectivity index (χ0n) is 15.5. The highest BCUT2D eigenvalue weighted by Crippen LogP contribution is 2.20. The minimum atomic E-state index is -3.77. The second-order valence-corrected chi connectivity index (χ2v) is 8.93. The second kappa shape index (κ2) is 9.21. The summed E-state index contributed by atoms with van der Waals surface area (Å²) in [5.41, 5.74) is 0. The first kappa shape index (κ1) is 21.0. The molecule has 8 nitrogen and oxygen atoms in total. The van der Waals surface area contributed by atoms with Crippen LogP contribution in [0.4, 0.5) is 0 Å². The summed E-state index contributed by atoms with van der Waals surface area (Å²) < 4.78 is 32.4. The molecule has 0 aromatic heterocycles. The molecule has 0 aliphatic carbocycles. The van der Waals surface area contributed by atoms with Crippen LogP contribution in [0, 0.1) is 0 Å². The van der Waals surface area contributed by atoms with Crippen molar-refractivity contribution in [1.82, 2.24) is 14.5 Å². The van der Waals surface area contributed by atoms with Gasteiger partial charge >= 0.3 is 0 Å². The van der Waals surface area contributed by atoms with Crippen molar-refractivity contribution < 1.29 is 22.7 Å². The molecule has 1 aromatic rings. The third-order valence-corrected chi connectivity index (χ3v) is 6.87. The van der Waals surface area contributed by atoms with Crippen molar-refractivity contribution in [2.45, 2.75) is 30.3 Å². The molecule has 1 unspecified atom stereocenters. The van der Waals surface area contributed by atoms with Gasteiger partial charge in [0.25, 0.3) is 5.91 Å². The van der Waals surface area contributed by atoms with Crippen molar-refractivity contribution >= 4 is 33.4 Å². The normalized spacial score (nSPS) is 20.4. The van der Waals surface area contributed by atoms with E-state index in [-0.39, 0.29) is 40.8 Å². The van der Waals surface area contributed by atoms with E-state index in [0.29, 0.717) is 32.8 Å². The molecule has 154 valence electrons. The predicted molar refractivity (Wildman–Crippen MR) is 103 cm³/mol. The van der Waals surface area contributed by atoms with E-state index in [1.165, 1.54) is 12.1 Å². The van der Waals surface area contributed by atoms with Gasteiger partial charge in [-0.15, -0.1) is 0 Å². The number of sulfonamides is 1. The summed E-state index contributed by atoms with van der Waals surface area (Å²) in [6, 6.07) is 6.15. The minimum Gasteiger partial charge on any atom is -0.368 e. The van der Waals surface area contributed by atoms with Gasteiger partial charge in [-0.05, 0) is 25.0 Å². The van der Waals surface area contributed by atoms with E-state index in [1.54, 1.807) is 21.9 Å². The smallest absolute Gasteiger partial charge is 0.251 e. The molecule has 10 heteroatoms. The summed E-state index contributed by atoms with van der Waals surface area (Å²) in [6.07, 6.45) is 1.35. The van der Waals surface area contributed by atoms with Gasteiger partial charge < -0.3 is 14.5 Å². The number of carbonyl (C=O) groups is 2. The topological polar surface area (TPSA) is 96.0 Å². The van der Waals surface area contributed by atoms with Gasteiger partial charge in [-0.1, -0.05) is 23.7 Å². The van der Waals surface area contributed by atoms with Gasteiger partial charge in [0.15, 0.2) is 0 Å². The molecule has 0 bridgehead atoms. The number of nitrogens with one attached hydrogen (secondary N) is 1. The summed E-state index contributed by atoms with van der Waals surface area (Å²) in [7, 11) is -3.77. The molecule has 0 spiro atoms. The number of amides is 2. The average molecular weight is 430 g/mol. The number of hydrogen-bond acceptors (Lipinski definition) is 5. The lowest BCUT2D eigenvalue weighted by atomic mass is 10.2. The highest BCUT2D eigenvalue weighted by Gasteiger charge is 2.31. The van der Waals surface area contributed by atoms with E-state index < -0.39 is 10.0 Å². The molecule has 1 N–H and O–H groups in total. The number of hydrogen-bond donors (Lipinski definition) is 1. The lowest BCUT2D eigenvalue weighted by Crippen LogP contribution is -2.53. The van der Waals surface area contributed by atoms with Gasteiger partial charge in [-0.3, -0.25) is 9.59 Å². The molecule has 2 fully saturated rings. The summed E-state index contributed by atoms with van der Waals surface area (Å²) in [6.45, 7) is 2.43. The Labute approximate surface area is 169 Å². The molecule has 1 atom stereocenters. The van der Waals surface area contributed by atoms with Crippen LogP contribution in [0.2, 0.25) is 5.02 Å². The molecular weight excluding hydrogens is 406 g/mol. The standard InChI is InChI=1S/C18H24ClN3O5S/c19-14-4-1-2-6-16(14)28(25,26)20-8-7-17(23)21-9-11-22(12-10-21)18(24)15-5-3-13-27-15/h1-2,4,6,15,20H,3,5,7-13H2. The summed E-state index contributed by atoms with van der Waals surface area (Å²) in [5.74, 6) is -0.150. The van der Waals surface area contributed by atoms with Crippen molar-refractivity contribution in [3.8, 4) is 0 Å². The molecular formula is C18H24ClN3O5S. The zero-order valence-corrected chi connectivity index (χ0v) is 17.0. The first-order chi connectivity index (χ1) is 13.4. The number of benzene rings is 1. The van der Waals surface area contributed by atoms with Crippen LogP contribution in [0.1, 0.15) is 19.3 Å². The predicted octanol–water partition coefficient (Wildman–Crippen LogP) is 0.858. The third-order valence-electron chi connectivity index (χ3n) is 4.91. The Morgan fingerprint density at radius 1 is 1.14 bits per heavy atom. The fraction of sp³-hybridized carbons (Fsp3) is 0.556. The van der Waals surface area contributed by atoms with Crippen molar-refractivity contribution in [2.24, 2.45) is 0 Å². The summed E-state index contributed by atoms with van der Waals surface area (Å²) in [4.78, 5) is 28.1. The Morgan fingerprint density at radius 2 is 1.82 bits per heavy atom. The van der Waals surface area contributed by atoms with Crippen LogP contribution in [0.15, 0.2) is 29.2 Å². The van der Waals surface area contributed by atoms with Crippen LogP contribution in [0.5, 0.6) is 0 Å². The van der Waals surface area contributed by atoms with E-state index in [9.17, 15) is 18.0 Å². The number of nitrogens with zero attached hydrogens (tertiary/aromatic N) is 2. The maximum Gasteiger partial charge on any atom is 0.251 e. The van der Waals surface area contributed by atoms with Crippen molar-refractivity contribution in [2.75, 3.05) is 39.3 Å². The number of halogens is 1. The van der Waals surface area contributed by atoms with E-state index in [0.717, 1.165) is 12.8 Å². The molecule has 28 heavy (non-hydrogen) atoms. The van der Waals surface area contributed by atoms with Gasteiger partial charge in [0.05, 0.1) is 5.02 Å². The van der Waals surface area contributed by atoms with E-state index in [1.807, 2.05) is 0 Å². The van der Waals surface area contributed by atoms with Crippen molar-refractivity contribution in [3.05, 3.63) is 29.3 Å². The molecule has 0 radical (unpaired) electrons. The van der Waals surface area contributed by atoms with Crippen LogP contribution >= 0.6 is 11.6 Å². The van der Waals surface area contributed by atoms with Gasteiger partial charge in [-0.2, -0.15) is 0 Å². The van der Waals surface area contributed by atoms with Crippen molar-refractivity contribution in [1.29, 1.82) is 0 Å². The number of ether oxygens (including phenoxy) is 1. The largest absolute Gasteiger partial charge is 0.368 e. The Morgan fingerprint density at radius 3 is 2.46 bits per heavy atom. The van der Waals surface area contributed by atoms with Crippen molar-refractivity contribution in [3.63, 3.8) is 0 Å². The lowest BCUT2D eigenvalue weighted by molar-refractivity contribution is -0.145. The molecule has 2 aliphatic heterocycles. The van der Waals surface area contributed by atoms with Crippen LogP contribution in [0.3, 0.4) is 0 Å². The molecule has 1 aromatic carbocycles. The van der Waals surface area contributed by atoms with Crippen LogP contribution < -0.4 is 4.72 Å². The van der Waals surface area contributed by atoms with E-state index in [2.05, 4.69) is 4.72 Å². The van der Waals surface area contributed by atoms with Crippen LogP contribution in [0.25, 0.3) is 0 Å². The average Bonchev–Trinajstić information content (AvgIpc) is 3.22. The Kier molecular flexibility index (Phi) is 6.92. The number of carbonyl (C=O) groups excluding carboxylic acids is 2. The first-order valence-corrected chi connectivity index (χ1v) is 11.2. The quantitative estimate of drug-likeness (QED) is 0.723. The highest BCUT2D eigenvalue weighted by molar-refractivity contribution is 7.89. The lowest BCUT2D eigenvalue weighted by Gasteiger charge is -2.35. The monoisotopic (exact) mass is 429 g/mol. The Hall–Kier alpha value is -1.68. The Bertz CT molecular complexity index is 818. The van der Waals surface area contributed by atoms with E-state index in [4.69, 9.17) is 16.3 Å². The second-order valence-electron chi connectivity index (χ2n) is 6.79. The molecule has 3 rings (SSSR count). The highest BCUT2D eigenvalue weighted by atomic mass is 35.5. The number of piperazine rings is 1. The zero-order chi connectivity index (χ0) is 20.1. The first-order valence-electron chi connectivity index (χ1n) is 9.31. The molecule has 2 amide bonds. The maximum absolute atomic E-state index is 12.4. The molecule has 2 saturated heterocycles. The SMILES string of the molecule is O=C(CCNS(=O)(=O)c1ccccc1Cl)N1CCN(C(=O)C2CCCO2)CC1. The summed E-state index contributed by atoms with van der Waals surface area (Å²) in [5, 5.41) is 0.133. The van der Waals surface area contributed by atoms with E-state index >= 15 is 0 Å². The van der Waals surface area contributed by atoms with Crippen LogP contribution in [-0.4, -0.2) is 75.5 Å². The third kappa shape index (κ3) is 5.02. The fourth-order valence-electron chi connectivity index (χ4n) is 3.34. The minimum absolute atomic E-state index is 0.00269.